The molecule has 0 bridgehead atoms. The number of alkyl halides is 4. The van der Waals surface area contributed by atoms with Gasteiger partial charge in [0.2, 0.25) is 0 Å². The Hall–Kier alpha value is -1.38. The monoisotopic (exact) mass is 354 g/mol. The standard InChI is InChI=1S/C15H22F4N2O3/c1-24-13(22)9-2-4-12(5-3-9)21(14(23)15(17,18)19)8-11-6-10(16)7-20-11/h9-12,20H,2-8H2,1H3/t9-,10-,11-,12-/m0/s1. The molecular formula is C15H22F4N2O3. The van der Waals surface area contributed by atoms with Crippen LogP contribution in [0.25, 0.3) is 0 Å². The summed E-state index contributed by atoms with van der Waals surface area (Å²) in [4.78, 5) is 24.1. The summed E-state index contributed by atoms with van der Waals surface area (Å²) in [5.41, 5.74) is 0. The van der Waals surface area contributed by atoms with Crippen LogP contribution in [-0.2, 0) is 14.3 Å². The molecule has 138 valence electrons. The zero-order valence-electron chi connectivity index (χ0n) is 13.4. The number of nitrogens with one attached hydrogen (secondary N) is 1. The highest BCUT2D eigenvalue weighted by Gasteiger charge is 2.46. The maximum Gasteiger partial charge on any atom is 0.471 e. The fourth-order valence-electron chi connectivity index (χ4n) is 3.50. The molecular weight excluding hydrogens is 332 g/mol. The molecule has 1 N–H and O–H groups in total. The molecule has 0 unspecified atom stereocenters. The Labute approximate surface area is 137 Å². The predicted octanol–water partition coefficient (Wildman–Crippen LogP) is 1.81. The Kier molecular flexibility index (Phi) is 6.06. The number of ether oxygens (including phenoxy) is 1. The van der Waals surface area contributed by atoms with Gasteiger partial charge in [0.15, 0.2) is 0 Å². The summed E-state index contributed by atoms with van der Waals surface area (Å²) in [7, 11) is 1.27. The van der Waals surface area contributed by atoms with Crippen LogP contribution in [0, 0.1) is 5.92 Å². The van der Waals surface area contributed by atoms with E-state index in [0.29, 0.717) is 25.7 Å². The van der Waals surface area contributed by atoms with Crippen LogP contribution in [0.3, 0.4) is 0 Å². The Morgan fingerprint density at radius 2 is 1.83 bits per heavy atom. The number of esters is 1. The smallest absolute Gasteiger partial charge is 0.469 e. The maximum atomic E-state index is 13.2. The highest BCUT2D eigenvalue weighted by Crippen LogP contribution is 2.31. The van der Waals surface area contributed by atoms with Gasteiger partial charge in [-0.3, -0.25) is 9.59 Å². The van der Waals surface area contributed by atoms with Crippen LogP contribution in [0.1, 0.15) is 32.1 Å². The molecule has 2 rings (SSSR count). The minimum atomic E-state index is -4.97. The van der Waals surface area contributed by atoms with Crippen LogP contribution in [0.15, 0.2) is 0 Å². The molecule has 2 fully saturated rings. The van der Waals surface area contributed by atoms with Crippen molar-refractivity contribution < 1.29 is 31.9 Å². The lowest BCUT2D eigenvalue weighted by molar-refractivity contribution is -0.189. The number of carbonyl (C=O) groups is 2. The van der Waals surface area contributed by atoms with Crippen molar-refractivity contribution in [2.24, 2.45) is 5.92 Å². The van der Waals surface area contributed by atoms with Gasteiger partial charge in [-0.2, -0.15) is 13.2 Å². The number of hydrogen-bond acceptors (Lipinski definition) is 4. The lowest BCUT2D eigenvalue weighted by Crippen LogP contribution is -2.52. The number of hydrogen-bond donors (Lipinski definition) is 1. The molecule has 0 radical (unpaired) electrons. The Morgan fingerprint density at radius 1 is 1.21 bits per heavy atom. The van der Waals surface area contributed by atoms with Gasteiger partial charge in [-0.1, -0.05) is 0 Å². The molecule has 0 aromatic heterocycles. The average Bonchev–Trinajstić information content (AvgIpc) is 2.95. The van der Waals surface area contributed by atoms with Crippen LogP contribution in [0.5, 0.6) is 0 Å². The summed E-state index contributed by atoms with van der Waals surface area (Å²) in [5, 5.41) is 2.81. The topological polar surface area (TPSA) is 58.6 Å². The van der Waals surface area contributed by atoms with E-state index in [1.165, 1.54) is 7.11 Å². The summed E-state index contributed by atoms with van der Waals surface area (Å²) in [6.45, 7) is -0.0832. The third-order valence-corrected chi connectivity index (χ3v) is 4.76. The van der Waals surface area contributed by atoms with Crippen LogP contribution >= 0.6 is 0 Å². The third kappa shape index (κ3) is 4.58. The first-order valence-electron chi connectivity index (χ1n) is 8.05. The quantitative estimate of drug-likeness (QED) is 0.618. The fourth-order valence-corrected chi connectivity index (χ4v) is 3.50. The minimum absolute atomic E-state index is 0.0911. The highest BCUT2D eigenvalue weighted by atomic mass is 19.4. The third-order valence-electron chi connectivity index (χ3n) is 4.76. The second kappa shape index (κ2) is 7.67. The number of rotatable bonds is 4. The molecule has 1 saturated heterocycles. The number of halogens is 4. The van der Waals surface area contributed by atoms with Crippen LogP contribution in [0.4, 0.5) is 17.6 Å². The van der Waals surface area contributed by atoms with Gasteiger partial charge in [0.1, 0.15) is 6.17 Å². The second-order valence-corrected chi connectivity index (χ2v) is 6.42. The van der Waals surface area contributed by atoms with Gasteiger partial charge in [0.05, 0.1) is 13.0 Å². The molecule has 1 aliphatic heterocycles. The summed E-state index contributed by atoms with van der Waals surface area (Å²) in [6, 6.07) is -1.08. The van der Waals surface area contributed by atoms with Gasteiger partial charge in [-0.05, 0) is 32.1 Å². The first-order valence-corrected chi connectivity index (χ1v) is 8.05. The zero-order valence-corrected chi connectivity index (χ0v) is 13.4. The van der Waals surface area contributed by atoms with E-state index in [9.17, 15) is 27.2 Å². The SMILES string of the molecule is COC(=O)[C@H]1CC[C@H](N(C[C@@H]2C[C@H](F)CN2)C(=O)C(F)(F)F)CC1. The van der Waals surface area contributed by atoms with E-state index < -0.39 is 30.3 Å². The first kappa shape index (κ1) is 19.0. The molecule has 24 heavy (non-hydrogen) atoms. The highest BCUT2D eigenvalue weighted by molar-refractivity contribution is 5.82. The van der Waals surface area contributed by atoms with Crippen molar-refractivity contribution in [2.45, 2.75) is 56.5 Å². The van der Waals surface area contributed by atoms with Crippen molar-refractivity contribution in [3.8, 4) is 0 Å². The predicted molar refractivity (Wildman–Crippen MR) is 76.8 cm³/mol. The van der Waals surface area contributed by atoms with Gasteiger partial charge >= 0.3 is 18.1 Å². The number of amides is 1. The molecule has 0 aromatic rings. The van der Waals surface area contributed by atoms with Gasteiger partial charge in [0, 0.05) is 25.2 Å². The normalized spacial score (nSPS) is 30.9. The van der Waals surface area contributed by atoms with E-state index in [1.807, 2.05) is 0 Å². The van der Waals surface area contributed by atoms with E-state index in [2.05, 4.69) is 10.1 Å². The van der Waals surface area contributed by atoms with Crippen molar-refractivity contribution in [1.82, 2.24) is 10.2 Å². The Balaban J connectivity index is 2.03. The van der Waals surface area contributed by atoms with Gasteiger partial charge < -0.3 is 15.0 Å². The van der Waals surface area contributed by atoms with Crippen LogP contribution in [0.2, 0.25) is 0 Å². The lowest BCUT2D eigenvalue weighted by Gasteiger charge is -2.37. The van der Waals surface area contributed by atoms with Crippen LogP contribution < -0.4 is 5.32 Å². The van der Waals surface area contributed by atoms with Crippen molar-refractivity contribution in [1.29, 1.82) is 0 Å². The molecule has 0 aromatic carbocycles. The number of nitrogens with zero attached hydrogens (tertiary/aromatic N) is 1. The number of carbonyl (C=O) groups excluding carboxylic acids is 2. The molecule has 1 heterocycles. The fraction of sp³-hybridized carbons (Fsp3) is 0.867. The summed E-state index contributed by atoms with van der Waals surface area (Å²) in [6.07, 6.45) is -4.62. The van der Waals surface area contributed by atoms with E-state index in [1.54, 1.807) is 0 Å². The van der Waals surface area contributed by atoms with Gasteiger partial charge in [0.25, 0.3) is 0 Å². The van der Waals surface area contributed by atoms with Crippen molar-refractivity contribution in [3.63, 3.8) is 0 Å². The Morgan fingerprint density at radius 3 is 2.29 bits per heavy atom. The van der Waals surface area contributed by atoms with E-state index in [0.717, 1.165) is 4.90 Å². The zero-order chi connectivity index (χ0) is 17.9. The van der Waals surface area contributed by atoms with E-state index in [4.69, 9.17) is 0 Å². The Bertz CT molecular complexity index is 464. The van der Waals surface area contributed by atoms with E-state index >= 15 is 0 Å². The second-order valence-electron chi connectivity index (χ2n) is 6.42. The maximum absolute atomic E-state index is 13.2. The molecule has 1 saturated carbocycles. The van der Waals surface area contributed by atoms with Crippen molar-refractivity contribution >= 4 is 11.9 Å². The van der Waals surface area contributed by atoms with Crippen molar-refractivity contribution in [2.75, 3.05) is 20.2 Å². The molecule has 9 heteroatoms. The summed E-state index contributed by atoms with van der Waals surface area (Å²) in [5.74, 6) is -2.61. The number of methoxy groups -OCH3 is 1. The summed E-state index contributed by atoms with van der Waals surface area (Å²) < 4.78 is 56.6. The van der Waals surface area contributed by atoms with E-state index in [-0.39, 0.29) is 31.4 Å². The summed E-state index contributed by atoms with van der Waals surface area (Å²) >= 11 is 0. The minimum Gasteiger partial charge on any atom is -0.469 e. The van der Waals surface area contributed by atoms with Gasteiger partial charge in [-0.15, -0.1) is 0 Å². The molecule has 2 aliphatic rings. The molecule has 1 aliphatic carbocycles. The van der Waals surface area contributed by atoms with Crippen LogP contribution in [-0.4, -0.2) is 61.4 Å². The molecule has 1 amide bonds. The first-order chi connectivity index (χ1) is 11.2. The van der Waals surface area contributed by atoms with Gasteiger partial charge in [-0.25, -0.2) is 4.39 Å². The lowest BCUT2D eigenvalue weighted by atomic mass is 9.85. The average molecular weight is 354 g/mol. The molecule has 0 spiro atoms. The largest absolute Gasteiger partial charge is 0.471 e. The van der Waals surface area contributed by atoms with Crippen molar-refractivity contribution in [3.05, 3.63) is 0 Å². The molecule has 5 nitrogen and oxygen atoms in total. The molecule has 2 atom stereocenters.